The average Bonchev–Trinajstić information content (AvgIpc) is 2.66. The van der Waals surface area contributed by atoms with Gasteiger partial charge in [0.1, 0.15) is 12.3 Å². The van der Waals surface area contributed by atoms with E-state index in [0.717, 1.165) is 11.1 Å². The highest BCUT2D eigenvalue weighted by atomic mass is 32.2. The summed E-state index contributed by atoms with van der Waals surface area (Å²) in [5.41, 5.74) is 2.29. The van der Waals surface area contributed by atoms with Gasteiger partial charge in [0.2, 0.25) is 0 Å². The van der Waals surface area contributed by atoms with Gasteiger partial charge in [0.25, 0.3) is 5.56 Å². The standard InChI is InChI=1S/C20H20N2O5S/c1-14-5-7-17(8-6-14)28(25,26)11-9-19(24)27-13-16-12-18(23)22-10-3-4-15(2)20(22)21-16/h3-8,10,12H,9,11,13H2,1-2H3. The van der Waals surface area contributed by atoms with E-state index in [4.69, 9.17) is 4.74 Å². The molecule has 0 saturated carbocycles. The van der Waals surface area contributed by atoms with Crippen LogP contribution in [0.25, 0.3) is 5.65 Å². The van der Waals surface area contributed by atoms with Crippen LogP contribution in [0, 0.1) is 13.8 Å². The number of aryl methyl sites for hydroxylation is 2. The molecule has 2 heterocycles. The zero-order valence-corrected chi connectivity index (χ0v) is 16.4. The van der Waals surface area contributed by atoms with Gasteiger partial charge in [-0.25, -0.2) is 13.4 Å². The molecule has 0 unspecified atom stereocenters. The molecule has 0 fully saturated rings. The fourth-order valence-electron chi connectivity index (χ4n) is 2.69. The van der Waals surface area contributed by atoms with Crippen LogP contribution in [0.5, 0.6) is 0 Å². The molecule has 0 spiro atoms. The van der Waals surface area contributed by atoms with E-state index in [1.165, 1.54) is 22.6 Å². The summed E-state index contributed by atoms with van der Waals surface area (Å²) >= 11 is 0. The van der Waals surface area contributed by atoms with Gasteiger partial charge in [0.05, 0.1) is 22.8 Å². The number of hydrogen-bond acceptors (Lipinski definition) is 6. The highest BCUT2D eigenvalue weighted by Crippen LogP contribution is 2.13. The number of aromatic nitrogens is 2. The Balaban J connectivity index is 1.63. The maximum atomic E-state index is 12.3. The van der Waals surface area contributed by atoms with E-state index in [0.29, 0.717) is 11.3 Å². The number of carbonyl (C=O) groups excluding carboxylic acids is 1. The summed E-state index contributed by atoms with van der Waals surface area (Å²) in [6.45, 7) is 3.50. The molecule has 0 saturated heterocycles. The number of sulfone groups is 1. The second-order valence-corrected chi connectivity index (χ2v) is 8.62. The fourth-order valence-corrected chi connectivity index (χ4v) is 3.91. The van der Waals surface area contributed by atoms with Crippen molar-refractivity contribution in [2.75, 3.05) is 5.75 Å². The second-order valence-electron chi connectivity index (χ2n) is 6.51. The number of carbonyl (C=O) groups is 1. The van der Waals surface area contributed by atoms with Crippen molar-refractivity contribution in [3.63, 3.8) is 0 Å². The Labute approximate surface area is 162 Å². The minimum Gasteiger partial charge on any atom is -0.459 e. The van der Waals surface area contributed by atoms with E-state index in [2.05, 4.69) is 4.98 Å². The molecule has 28 heavy (non-hydrogen) atoms. The summed E-state index contributed by atoms with van der Waals surface area (Å²) in [4.78, 5) is 28.6. The smallest absolute Gasteiger partial charge is 0.307 e. The van der Waals surface area contributed by atoms with Crippen molar-refractivity contribution in [2.45, 2.75) is 31.8 Å². The van der Waals surface area contributed by atoms with Crippen molar-refractivity contribution in [1.82, 2.24) is 9.38 Å². The van der Waals surface area contributed by atoms with Crippen LogP contribution in [-0.2, 0) is 26.0 Å². The zero-order valence-electron chi connectivity index (χ0n) is 15.6. The molecule has 0 amide bonds. The van der Waals surface area contributed by atoms with Crippen molar-refractivity contribution < 1.29 is 17.9 Å². The molecular weight excluding hydrogens is 380 g/mol. The first-order chi connectivity index (χ1) is 13.3. The average molecular weight is 400 g/mol. The number of rotatable bonds is 6. The highest BCUT2D eigenvalue weighted by molar-refractivity contribution is 7.91. The third-order valence-electron chi connectivity index (χ3n) is 4.28. The number of ether oxygens (including phenoxy) is 1. The number of fused-ring (bicyclic) bond motifs is 1. The third-order valence-corrected chi connectivity index (χ3v) is 6.01. The Morgan fingerprint density at radius 3 is 2.57 bits per heavy atom. The molecule has 0 aliphatic rings. The Bertz CT molecular complexity index is 1180. The van der Waals surface area contributed by atoms with Crippen molar-refractivity contribution in [3.8, 4) is 0 Å². The molecular formula is C20H20N2O5S. The highest BCUT2D eigenvalue weighted by Gasteiger charge is 2.17. The summed E-state index contributed by atoms with van der Waals surface area (Å²) in [6, 6.07) is 11.3. The predicted octanol–water partition coefficient (Wildman–Crippen LogP) is 2.22. The van der Waals surface area contributed by atoms with Gasteiger partial charge in [0, 0.05) is 12.3 Å². The quantitative estimate of drug-likeness (QED) is 0.589. The van der Waals surface area contributed by atoms with Gasteiger partial charge in [-0.2, -0.15) is 0 Å². The molecule has 0 aliphatic carbocycles. The Morgan fingerprint density at radius 1 is 1.14 bits per heavy atom. The van der Waals surface area contributed by atoms with E-state index in [-0.39, 0.29) is 29.2 Å². The SMILES string of the molecule is Cc1ccc(S(=O)(=O)CCC(=O)OCc2cc(=O)n3cccc(C)c3n2)cc1. The topological polar surface area (TPSA) is 94.8 Å². The first kappa shape index (κ1) is 19.8. The van der Waals surface area contributed by atoms with E-state index in [1.54, 1.807) is 24.4 Å². The van der Waals surface area contributed by atoms with Crippen molar-refractivity contribution in [3.05, 3.63) is 75.8 Å². The van der Waals surface area contributed by atoms with Crippen LogP contribution in [0.4, 0.5) is 0 Å². The Hall–Kier alpha value is -3.00. The normalized spacial score (nSPS) is 11.5. The van der Waals surface area contributed by atoms with Gasteiger partial charge in [-0.05, 0) is 37.6 Å². The summed E-state index contributed by atoms with van der Waals surface area (Å²) in [5, 5.41) is 0. The van der Waals surface area contributed by atoms with Crippen molar-refractivity contribution >= 4 is 21.5 Å². The minimum absolute atomic E-state index is 0.172. The van der Waals surface area contributed by atoms with Gasteiger partial charge >= 0.3 is 5.97 Å². The number of hydrogen-bond donors (Lipinski definition) is 0. The lowest BCUT2D eigenvalue weighted by Gasteiger charge is -2.08. The number of nitrogens with zero attached hydrogens (tertiary/aromatic N) is 2. The lowest BCUT2D eigenvalue weighted by Crippen LogP contribution is -2.18. The molecule has 2 aromatic heterocycles. The van der Waals surface area contributed by atoms with Crippen LogP contribution < -0.4 is 5.56 Å². The largest absolute Gasteiger partial charge is 0.459 e. The molecule has 3 rings (SSSR count). The Kier molecular flexibility index (Phi) is 5.60. The van der Waals surface area contributed by atoms with Crippen LogP contribution >= 0.6 is 0 Å². The zero-order chi connectivity index (χ0) is 20.3. The molecule has 0 aliphatic heterocycles. The second kappa shape index (κ2) is 7.93. The monoisotopic (exact) mass is 400 g/mol. The predicted molar refractivity (Wildman–Crippen MR) is 104 cm³/mol. The lowest BCUT2D eigenvalue weighted by molar-refractivity contribution is -0.144. The number of benzene rings is 1. The lowest BCUT2D eigenvalue weighted by atomic mass is 10.2. The number of pyridine rings is 1. The van der Waals surface area contributed by atoms with Crippen LogP contribution in [0.15, 0.2) is 58.4 Å². The summed E-state index contributed by atoms with van der Waals surface area (Å²) < 4.78 is 31.1. The van der Waals surface area contributed by atoms with E-state index in [9.17, 15) is 18.0 Å². The first-order valence-corrected chi connectivity index (χ1v) is 10.3. The maximum absolute atomic E-state index is 12.3. The molecule has 1 aromatic carbocycles. The van der Waals surface area contributed by atoms with Crippen molar-refractivity contribution in [1.29, 1.82) is 0 Å². The van der Waals surface area contributed by atoms with Crippen molar-refractivity contribution in [2.24, 2.45) is 0 Å². The third kappa shape index (κ3) is 4.45. The first-order valence-electron chi connectivity index (χ1n) is 8.69. The van der Waals surface area contributed by atoms with Crippen LogP contribution in [-0.4, -0.2) is 29.5 Å². The van der Waals surface area contributed by atoms with E-state index in [1.807, 2.05) is 19.9 Å². The van der Waals surface area contributed by atoms with Gasteiger partial charge < -0.3 is 4.74 Å². The molecule has 7 nitrogen and oxygen atoms in total. The van der Waals surface area contributed by atoms with E-state index < -0.39 is 15.8 Å². The Morgan fingerprint density at radius 2 is 1.86 bits per heavy atom. The number of esters is 1. The van der Waals surface area contributed by atoms with E-state index >= 15 is 0 Å². The molecule has 0 atom stereocenters. The molecule has 0 N–H and O–H groups in total. The fraction of sp³-hybridized carbons (Fsp3) is 0.250. The molecule has 3 aromatic rings. The molecule has 8 heteroatoms. The molecule has 0 radical (unpaired) electrons. The molecule has 0 bridgehead atoms. The van der Waals surface area contributed by atoms with Gasteiger partial charge in [-0.1, -0.05) is 23.8 Å². The van der Waals surface area contributed by atoms with Gasteiger partial charge in [-0.15, -0.1) is 0 Å². The van der Waals surface area contributed by atoms with Crippen LogP contribution in [0.2, 0.25) is 0 Å². The van der Waals surface area contributed by atoms with Gasteiger partial charge in [0.15, 0.2) is 9.84 Å². The summed E-state index contributed by atoms with van der Waals surface area (Å²) in [6.07, 6.45) is 1.34. The van der Waals surface area contributed by atoms with Crippen LogP contribution in [0.3, 0.4) is 0 Å². The maximum Gasteiger partial charge on any atom is 0.307 e. The van der Waals surface area contributed by atoms with Crippen LogP contribution in [0.1, 0.15) is 23.2 Å². The van der Waals surface area contributed by atoms with Gasteiger partial charge in [-0.3, -0.25) is 14.0 Å². The minimum atomic E-state index is -3.57. The summed E-state index contributed by atoms with van der Waals surface area (Å²) in [5.74, 6) is -1.01. The molecule has 146 valence electrons. The summed E-state index contributed by atoms with van der Waals surface area (Å²) in [7, 11) is -3.57.